The van der Waals surface area contributed by atoms with Crippen LogP contribution in [0.5, 0.6) is 0 Å². The van der Waals surface area contributed by atoms with E-state index in [1.807, 2.05) is 0 Å². The van der Waals surface area contributed by atoms with Gasteiger partial charge < -0.3 is 19.1 Å². The molecule has 34 heavy (non-hydrogen) atoms. The summed E-state index contributed by atoms with van der Waals surface area (Å²) in [4.78, 5) is 49.7. The molecule has 1 aliphatic heterocycles. The number of hydrogen-bond acceptors (Lipinski definition) is 8. The van der Waals surface area contributed by atoms with Gasteiger partial charge in [-0.15, -0.1) is 0 Å². The molecule has 2 amide bonds. The van der Waals surface area contributed by atoms with Crippen LogP contribution in [0.25, 0.3) is 0 Å². The minimum Gasteiger partial charge on any atom is -0.461 e. The van der Waals surface area contributed by atoms with Crippen molar-refractivity contribution in [1.29, 1.82) is 5.41 Å². The second kappa shape index (κ2) is 13.4. The zero-order chi connectivity index (χ0) is 25.1. The number of esters is 1. The Balaban J connectivity index is 1.73. The summed E-state index contributed by atoms with van der Waals surface area (Å²) in [6.07, 6.45) is 0.444. The quantitative estimate of drug-likeness (QED) is 0.230. The highest BCUT2D eigenvalue weighted by atomic mass is 16.6. The summed E-state index contributed by atoms with van der Waals surface area (Å²) in [5.41, 5.74) is 0.865. The highest BCUT2D eigenvalue weighted by molar-refractivity contribution is 6.05. The van der Waals surface area contributed by atoms with Crippen LogP contribution in [0, 0.1) is 5.41 Å². The van der Waals surface area contributed by atoms with Crippen molar-refractivity contribution < 1.29 is 33.4 Å². The summed E-state index contributed by atoms with van der Waals surface area (Å²) in [6, 6.07) is 6.25. The molecule has 0 bridgehead atoms. The first-order valence-electron chi connectivity index (χ1n) is 11.4. The van der Waals surface area contributed by atoms with Crippen LogP contribution in [-0.4, -0.2) is 73.0 Å². The van der Waals surface area contributed by atoms with E-state index < -0.39 is 12.1 Å². The fourth-order valence-corrected chi connectivity index (χ4v) is 3.44. The second-order valence-corrected chi connectivity index (χ2v) is 8.15. The van der Waals surface area contributed by atoms with Crippen LogP contribution >= 0.6 is 0 Å². The molecule has 1 fully saturated rings. The molecule has 1 aromatic carbocycles. The van der Waals surface area contributed by atoms with Crippen LogP contribution in [-0.2, 0) is 23.8 Å². The molecular weight excluding hydrogens is 442 g/mol. The largest absolute Gasteiger partial charge is 0.461 e. The summed E-state index contributed by atoms with van der Waals surface area (Å²) < 4.78 is 15.4. The summed E-state index contributed by atoms with van der Waals surface area (Å²) in [7, 11) is 0. The third-order valence-electron chi connectivity index (χ3n) is 5.16. The SMILES string of the molecule is CCOC(=O)NC(=N)c1ccc(C(=O)CCC(=O)N2CCC(OCC(=O)OC(C)C)CC2)cc1. The molecule has 0 atom stereocenters. The molecule has 0 unspecified atom stereocenters. The van der Waals surface area contributed by atoms with Crippen molar-refractivity contribution in [1.82, 2.24) is 10.2 Å². The Morgan fingerprint density at radius 2 is 1.68 bits per heavy atom. The number of alkyl carbamates (subject to hydrolysis) is 1. The fraction of sp³-hybridized carbons (Fsp3) is 0.542. The maximum atomic E-state index is 12.5. The average Bonchev–Trinajstić information content (AvgIpc) is 2.81. The van der Waals surface area contributed by atoms with Crippen molar-refractivity contribution in [3.63, 3.8) is 0 Å². The first-order chi connectivity index (χ1) is 16.2. The van der Waals surface area contributed by atoms with Gasteiger partial charge in [0.05, 0.1) is 18.8 Å². The van der Waals surface area contributed by atoms with Gasteiger partial charge in [-0.2, -0.15) is 0 Å². The maximum absolute atomic E-state index is 12.5. The third-order valence-corrected chi connectivity index (χ3v) is 5.16. The summed E-state index contributed by atoms with van der Waals surface area (Å²) >= 11 is 0. The van der Waals surface area contributed by atoms with Crippen molar-refractivity contribution in [2.45, 2.75) is 58.7 Å². The lowest BCUT2D eigenvalue weighted by atomic mass is 10.0. The normalized spacial score (nSPS) is 13.9. The molecule has 1 aliphatic rings. The maximum Gasteiger partial charge on any atom is 0.412 e. The van der Waals surface area contributed by atoms with Crippen LogP contribution in [0.4, 0.5) is 4.79 Å². The predicted molar refractivity (Wildman–Crippen MR) is 124 cm³/mol. The molecule has 10 heteroatoms. The first-order valence-corrected chi connectivity index (χ1v) is 11.4. The Bertz CT molecular complexity index is 875. The van der Waals surface area contributed by atoms with E-state index in [4.69, 9.17) is 19.6 Å². The van der Waals surface area contributed by atoms with E-state index in [1.165, 1.54) is 0 Å². The number of hydrogen-bond donors (Lipinski definition) is 2. The topological polar surface area (TPSA) is 135 Å². The van der Waals surface area contributed by atoms with Gasteiger partial charge in [0, 0.05) is 37.1 Å². The van der Waals surface area contributed by atoms with Gasteiger partial charge in [0.25, 0.3) is 0 Å². The molecule has 0 aromatic heterocycles. The molecule has 0 aliphatic carbocycles. The second-order valence-electron chi connectivity index (χ2n) is 8.15. The van der Waals surface area contributed by atoms with Crippen molar-refractivity contribution in [2.75, 3.05) is 26.3 Å². The minimum absolute atomic E-state index is 0.0776. The number of ketones is 1. The third kappa shape index (κ3) is 8.93. The van der Waals surface area contributed by atoms with Gasteiger partial charge in [-0.1, -0.05) is 24.3 Å². The minimum atomic E-state index is -0.713. The number of carbonyl (C=O) groups excluding carboxylic acids is 4. The molecule has 0 saturated carbocycles. The van der Waals surface area contributed by atoms with E-state index in [2.05, 4.69) is 5.32 Å². The van der Waals surface area contributed by atoms with Crippen molar-refractivity contribution in [3.8, 4) is 0 Å². The highest BCUT2D eigenvalue weighted by Gasteiger charge is 2.24. The molecule has 2 N–H and O–H groups in total. The summed E-state index contributed by atoms with van der Waals surface area (Å²) in [5, 5.41) is 10.2. The number of benzene rings is 1. The first kappa shape index (κ1) is 27.0. The Morgan fingerprint density at radius 3 is 2.26 bits per heavy atom. The van der Waals surface area contributed by atoms with Crippen LogP contribution in [0.15, 0.2) is 24.3 Å². The lowest BCUT2D eigenvalue weighted by Gasteiger charge is -2.31. The monoisotopic (exact) mass is 475 g/mol. The molecule has 1 heterocycles. The van der Waals surface area contributed by atoms with E-state index in [9.17, 15) is 19.2 Å². The molecular formula is C24H33N3O7. The van der Waals surface area contributed by atoms with E-state index in [0.717, 1.165) is 0 Å². The number of piperidine rings is 1. The lowest BCUT2D eigenvalue weighted by Crippen LogP contribution is -2.41. The molecule has 1 aromatic rings. The van der Waals surface area contributed by atoms with E-state index >= 15 is 0 Å². The Hall–Kier alpha value is -3.27. The van der Waals surface area contributed by atoms with E-state index in [1.54, 1.807) is 49.9 Å². The van der Waals surface area contributed by atoms with Crippen LogP contribution in [0.1, 0.15) is 62.4 Å². The van der Waals surface area contributed by atoms with Gasteiger partial charge in [0.2, 0.25) is 5.91 Å². The predicted octanol–water partition coefficient (Wildman–Crippen LogP) is 2.68. The van der Waals surface area contributed by atoms with Crippen molar-refractivity contribution >= 4 is 29.6 Å². The molecule has 10 nitrogen and oxygen atoms in total. The van der Waals surface area contributed by atoms with Crippen LogP contribution in [0.3, 0.4) is 0 Å². The summed E-state index contributed by atoms with van der Waals surface area (Å²) in [5.74, 6) is -0.793. The van der Waals surface area contributed by atoms with Gasteiger partial charge in [-0.05, 0) is 33.6 Å². The Kier molecular flexibility index (Phi) is 10.7. The fourth-order valence-electron chi connectivity index (χ4n) is 3.44. The van der Waals surface area contributed by atoms with Gasteiger partial charge in [0.1, 0.15) is 12.4 Å². The van der Waals surface area contributed by atoms with Gasteiger partial charge >= 0.3 is 12.1 Å². The summed E-state index contributed by atoms with van der Waals surface area (Å²) in [6.45, 7) is 6.36. The van der Waals surface area contributed by atoms with Crippen LogP contribution in [0.2, 0.25) is 0 Å². The average molecular weight is 476 g/mol. The Morgan fingerprint density at radius 1 is 1.06 bits per heavy atom. The number of amidine groups is 1. The van der Waals surface area contributed by atoms with Crippen molar-refractivity contribution in [2.24, 2.45) is 0 Å². The Labute approximate surface area is 199 Å². The zero-order valence-electron chi connectivity index (χ0n) is 19.9. The van der Waals surface area contributed by atoms with E-state index in [-0.39, 0.29) is 55.8 Å². The van der Waals surface area contributed by atoms with Crippen molar-refractivity contribution in [3.05, 3.63) is 35.4 Å². The lowest BCUT2D eigenvalue weighted by molar-refractivity contribution is -0.156. The number of nitrogens with one attached hydrogen (secondary N) is 2. The number of carbonyl (C=O) groups is 4. The zero-order valence-corrected chi connectivity index (χ0v) is 19.9. The number of rotatable bonds is 10. The highest BCUT2D eigenvalue weighted by Crippen LogP contribution is 2.16. The molecule has 2 rings (SSSR count). The van der Waals surface area contributed by atoms with Gasteiger partial charge in [-0.3, -0.25) is 20.3 Å². The van der Waals surface area contributed by atoms with Crippen LogP contribution < -0.4 is 5.32 Å². The van der Waals surface area contributed by atoms with Gasteiger partial charge in [0.15, 0.2) is 5.78 Å². The molecule has 0 spiro atoms. The number of amides is 2. The molecule has 186 valence electrons. The number of ether oxygens (including phenoxy) is 3. The number of nitrogens with zero attached hydrogens (tertiary/aromatic N) is 1. The van der Waals surface area contributed by atoms with Gasteiger partial charge in [-0.25, -0.2) is 9.59 Å². The number of Topliss-reactive ketones (excluding diaryl/α,β-unsaturated/α-hetero) is 1. The molecule has 1 saturated heterocycles. The number of likely N-dealkylation sites (tertiary alicyclic amines) is 1. The smallest absolute Gasteiger partial charge is 0.412 e. The molecule has 0 radical (unpaired) electrons. The van der Waals surface area contributed by atoms with E-state index in [0.29, 0.717) is 37.1 Å². The standard InChI is InChI=1S/C24H33N3O7/c1-4-32-24(31)26-23(25)18-7-5-17(6-8-18)20(28)9-10-21(29)27-13-11-19(12-14-27)33-15-22(30)34-16(2)3/h5-8,16,19H,4,9-15H2,1-3H3,(H2,25,26,31).